The van der Waals surface area contributed by atoms with E-state index in [0.717, 1.165) is 28.6 Å². The van der Waals surface area contributed by atoms with Gasteiger partial charge in [-0.3, -0.25) is 4.79 Å². The van der Waals surface area contributed by atoms with Crippen LogP contribution in [0.2, 0.25) is 5.02 Å². The van der Waals surface area contributed by atoms with Gasteiger partial charge in [0.15, 0.2) is 6.04 Å². The van der Waals surface area contributed by atoms with Crippen molar-refractivity contribution in [1.82, 2.24) is 15.2 Å². The molecule has 2 heterocycles. The summed E-state index contributed by atoms with van der Waals surface area (Å²) in [6.45, 7) is 1.83. The van der Waals surface area contributed by atoms with Gasteiger partial charge in [0.25, 0.3) is 5.91 Å². The number of hydrogen-bond acceptors (Lipinski definition) is 4. The zero-order valence-corrected chi connectivity index (χ0v) is 17.2. The molecule has 32 heavy (non-hydrogen) atoms. The number of aryl methyl sites for hydroxylation is 1. The molecule has 4 rings (SSSR count). The van der Waals surface area contributed by atoms with Crippen molar-refractivity contribution in [3.63, 3.8) is 0 Å². The number of carboxylic acids is 1. The number of aromatic nitrogens is 1. The van der Waals surface area contributed by atoms with Gasteiger partial charge in [-0.2, -0.15) is 5.26 Å². The molecule has 3 N–H and O–H groups in total. The van der Waals surface area contributed by atoms with Crippen molar-refractivity contribution in [1.29, 1.82) is 5.26 Å². The maximum Gasteiger partial charge on any atom is 0.331 e. The number of carboxylic acid groups (broad SMARTS) is 1. The summed E-state index contributed by atoms with van der Waals surface area (Å²) < 4.78 is 14.0. The van der Waals surface area contributed by atoms with Gasteiger partial charge in [-0.1, -0.05) is 23.7 Å². The van der Waals surface area contributed by atoms with Gasteiger partial charge in [-0.05, 0) is 42.3 Å². The molecule has 10 heteroatoms. The Hall–Kier alpha value is -4.16. The molecule has 1 atom stereocenters. The first-order valence-electron chi connectivity index (χ1n) is 9.27. The van der Waals surface area contributed by atoms with Crippen LogP contribution in [0, 0.1) is 24.1 Å². The van der Waals surface area contributed by atoms with E-state index < -0.39 is 29.8 Å². The summed E-state index contributed by atoms with van der Waals surface area (Å²) in [7, 11) is 0. The fraction of sp³-hybridized carbons (Fsp3) is 0.0909. The highest BCUT2D eigenvalue weighted by Crippen LogP contribution is 2.31. The number of amides is 3. The number of carbonyl (C=O) groups excluding carboxylic acids is 2. The second kappa shape index (κ2) is 7.83. The molecule has 1 aliphatic rings. The van der Waals surface area contributed by atoms with E-state index in [1.165, 1.54) is 12.1 Å². The first kappa shape index (κ1) is 21.1. The van der Waals surface area contributed by atoms with Crippen LogP contribution in [-0.4, -0.2) is 32.9 Å². The lowest BCUT2D eigenvalue weighted by atomic mass is 10.0. The number of carbonyl (C=O) groups is 3. The lowest BCUT2D eigenvalue weighted by Crippen LogP contribution is -2.39. The number of benzene rings is 2. The predicted molar refractivity (Wildman–Crippen MR) is 113 cm³/mol. The van der Waals surface area contributed by atoms with E-state index in [0.29, 0.717) is 15.5 Å². The van der Waals surface area contributed by atoms with E-state index in [-0.39, 0.29) is 16.8 Å². The monoisotopic (exact) mass is 452 g/mol. The SMILES string of the molecule is Cc1c(Cl)ccc2c(/C=C3\NC(=O)N(C(C(=O)O)c4ccc(C#N)c(F)c4)C3=O)c[nH]c12. The second-order valence-electron chi connectivity index (χ2n) is 7.09. The topological polar surface area (TPSA) is 126 Å². The molecule has 0 aliphatic carbocycles. The standard InChI is InChI=1S/C22H14ClFN4O4/c1-10-15(23)5-4-14-13(9-26-18(10)14)7-17-20(29)28(22(32)27-17)19(21(30)31)11-2-3-12(8-25)16(24)6-11/h2-7,9,19,26H,1H3,(H,27,32)(H,30,31)/b17-7-. The third kappa shape index (κ3) is 3.36. The molecule has 0 bridgehead atoms. The molecule has 8 nitrogen and oxygen atoms in total. The summed E-state index contributed by atoms with van der Waals surface area (Å²) in [5, 5.41) is 22.2. The van der Waals surface area contributed by atoms with Gasteiger partial charge in [0, 0.05) is 22.2 Å². The number of fused-ring (bicyclic) bond motifs is 1. The molecule has 2 aromatic carbocycles. The van der Waals surface area contributed by atoms with E-state index in [2.05, 4.69) is 10.3 Å². The third-order valence-corrected chi connectivity index (χ3v) is 5.62. The van der Waals surface area contributed by atoms with Crippen LogP contribution in [0.5, 0.6) is 0 Å². The lowest BCUT2D eigenvalue weighted by Gasteiger charge is -2.21. The maximum atomic E-state index is 14.0. The molecule has 0 radical (unpaired) electrons. The highest BCUT2D eigenvalue weighted by Gasteiger charge is 2.43. The van der Waals surface area contributed by atoms with Crippen LogP contribution in [0.4, 0.5) is 9.18 Å². The molecule has 0 spiro atoms. The zero-order chi connectivity index (χ0) is 23.2. The van der Waals surface area contributed by atoms with Crippen LogP contribution in [0.25, 0.3) is 17.0 Å². The first-order chi connectivity index (χ1) is 15.2. The Bertz CT molecular complexity index is 1390. The van der Waals surface area contributed by atoms with Crippen molar-refractivity contribution in [2.45, 2.75) is 13.0 Å². The molecule has 0 saturated carbocycles. The molecular formula is C22H14ClFN4O4. The maximum absolute atomic E-state index is 14.0. The van der Waals surface area contributed by atoms with Crippen molar-refractivity contribution >= 4 is 46.5 Å². The van der Waals surface area contributed by atoms with E-state index in [9.17, 15) is 23.9 Å². The molecule has 1 unspecified atom stereocenters. The van der Waals surface area contributed by atoms with Gasteiger partial charge >= 0.3 is 12.0 Å². The average Bonchev–Trinajstić information content (AvgIpc) is 3.27. The fourth-order valence-corrected chi connectivity index (χ4v) is 3.75. The van der Waals surface area contributed by atoms with Crippen molar-refractivity contribution in [3.8, 4) is 6.07 Å². The number of nitriles is 1. The Kier molecular flexibility index (Phi) is 5.16. The lowest BCUT2D eigenvalue weighted by molar-refractivity contribution is -0.146. The number of hydrogen-bond donors (Lipinski definition) is 3. The molecule has 1 aromatic heterocycles. The van der Waals surface area contributed by atoms with E-state index in [1.54, 1.807) is 24.4 Å². The van der Waals surface area contributed by atoms with Crippen LogP contribution in [0.15, 0.2) is 42.2 Å². The number of nitrogens with one attached hydrogen (secondary N) is 2. The molecule has 1 fully saturated rings. The highest BCUT2D eigenvalue weighted by molar-refractivity contribution is 6.32. The van der Waals surface area contributed by atoms with Gasteiger partial charge < -0.3 is 15.4 Å². The normalized spacial score (nSPS) is 15.8. The zero-order valence-electron chi connectivity index (χ0n) is 16.4. The minimum Gasteiger partial charge on any atom is -0.479 e. The van der Waals surface area contributed by atoms with Gasteiger partial charge in [0.05, 0.1) is 11.1 Å². The molecule has 160 valence electrons. The number of aromatic amines is 1. The minimum atomic E-state index is -1.78. The van der Waals surface area contributed by atoms with Gasteiger partial charge in [-0.25, -0.2) is 18.9 Å². The first-order valence-corrected chi connectivity index (χ1v) is 9.65. The van der Waals surface area contributed by atoms with Crippen LogP contribution in [-0.2, 0) is 9.59 Å². The number of halogens is 2. The second-order valence-corrected chi connectivity index (χ2v) is 7.50. The molecular weight excluding hydrogens is 439 g/mol. The van der Waals surface area contributed by atoms with Crippen molar-refractivity contribution in [2.75, 3.05) is 0 Å². The van der Waals surface area contributed by atoms with Gasteiger partial charge in [0.1, 0.15) is 17.6 Å². The largest absolute Gasteiger partial charge is 0.479 e. The average molecular weight is 453 g/mol. The Morgan fingerprint density at radius 3 is 2.72 bits per heavy atom. The number of urea groups is 1. The smallest absolute Gasteiger partial charge is 0.331 e. The van der Waals surface area contributed by atoms with Crippen molar-refractivity contribution < 1.29 is 23.9 Å². The third-order valence-electron chi connectivity index (χ3n) is 5.21. The summed E-state index contributed by atoms with van der Waals surface area (Å²) in [5.74, 6) is -3.37. The predicted octanol–water partition coefficient (Wildman–Crippen LogP) is 3.86. The van der Waals surface area contributed by atoms with Crippen molar-refractivity contribution in [2.24, 2.45) is 0 Å². The number of nitrogens with zero attached hydrogens (tertiary/aromatic N) is 2. The molecule has 1 aliphatic heterocycles. The Balaban J connectivity index is 1.73. The van der Waals surface area contributed by atoms with Crippen LogP contribution < -0.4 is 5.32 Å². The van der Waals surface area contributed by atoms with Crippen LogP contribution >= 0.6 is 11.6 Å². The van der Waals surface area contributed by atoms with E-state index in [1.807, 2.05) is 6.92 Å². The molecule has 1 saturated heterocycles. The molecule has 3 amide bonds. The summed E-state index contributed by atoms with van der Waals surface area (Å²) >= 11 is 6.13. The summed E-state index contributed by atoms with van der Waals surface area (Å²) in [6, 6.07) is 5.46. The van der Waals surface area contributed by atoms with E-state index in [4.69, 9.17) is 16.9 Å². The Morgan fingerprint density at radius 1 is 1.31 bits per heavy atom. The van der Waals surface area contributed by atoms with Crippen molar-refractivity contribution in [3.05, 3.63) is 75.3 Å². The Labute approximate surface area is 185 Å². The minimum absolute atomic E-state index is 0.135. The summed E-state index contributed by atoms with van der Waals surface area (Å²) in [5.41, 5.74) is 1.58. The Morgan fingerprint density at radius 2 is 2.06 bits per heavy atom. The summed E-state index contributed by atoms with van der Waals surface area (Å²) in [6.07, 6.45) is 3.05. The van der Waals surface area contributed by atoms with Crippen LogP contribution in [0.1, 0.15) is 28.3 Å². The number of aliphatic carboxylic acids is 1. The summed E-state index contributed by atoms with van der Waals surface area (Å²) in [4.78, 5) is 41.0. The van der Waals surface area contributed by atoms with Gasteiger partial charge in [0.2, 0.25) is 0 Å². The fourth-order valence-electron chi connectivity index (χ4n) is 3.59. The number of H-pyrrole nitrogens is 1. The number of imide groups is 1. The number of rotatable bonds is 4. The van der Waals surface area contributed by atoms with Gasteiger partial charge in [-0.15, -0.1) is 0 Å². The quantitative estimate of drug-likeness (QED) is 0.409. The highest BCUT2D eigenvalue weighted by atomic mass is 35.5. The van der Waals surface area contributed by atoms with E-state index >= 15 is 0 Å². The molecule has 3 aromatic rings. The van der Waals surface area contributed by atoms with Crippen LogP contribution in [0.3, 0.4) is 0 Å².